The lowest BCUT2D eigenvalue weighted by atomic mass is 10.0. The molecular formula is C24H27NO3. The highest BCUT2D eigenvalue weighted by Gasteiger charge is 2.27. The maximum absolute atomic E-state index is 12.9. The van der Waals surface area contributed by atoms with Crippen LogP contribution in [0.15, 0.2) is 42.0 Å². The summed E-state index contributed by atoms with van der Waals surface area (Å²) in [6.07, 6.45) is 6.60. The van der Waals surface area contributed by atoms with Crippen molar-refractivity contribution >= 4 is 11.9 Å². The molecule has 0 radical (unpaired) electrons. The van der Waals surface area contributed by atoms with Crippen molar-refractivity contribution in [1.29, 1.82) is 0 Å². The van der Waals surface area contributed by atoms with E-state index in [2.05, 4.69) is 29.2 Å². The van der Waals surface area contributed by atoms with Crippen LogP contribution in [0.2, 0.25) is 0 Å². The van der Waals surface area contributed by atoms with Gasteiger partial charge >= 0.3 is 0 Å². The summed E-state index contributed by atoms with van der Waals surface area (Å²) < 4.78 is 10.7. The van der Waals surface area contributed by atoms with Gasteiger partial charge in [-0.15, -0.1) is 0 Å². The normalized spacial score (nSPS) is 18.4. The SMILES string of the molecule is COc1cc2c(cc1OC)C(=O)/C(=C/c1cccc(CN3CCCCC3)c1)C2. The number of fused-ring (bicyclic) bond motifs is 1. The van der Waals surface area contributed by atoms with E-state index in [9.17, 15) is 4.79 Å². The highest BCUT2D eigenvalue weighted by atomic mass is 16.5. The molecule has 0 unspecified atom stereocenters. The zero-order valence-electron chi connectivity index (χ0n) is 16.7. The number of rotatable bonds is 5. The number of hydrogen-bond donors (Lipinski definition) is 0. The van der Waals surface area contributed by atoms with E-state index in [1.807, 2.05) is 12.1 Å². The predicted octanol–water partition coefficient (Wildman–Crippen LogP) is 4.51. The maximum atomic E-state index is 12.9. The van der Waals surface area contributed by atoms with Crippen LogP contribution >= 0.6 is 0 Å². The minimum Gasteiger partial charge on any atom is -0.493 e. The number of benzene rings is 2. The summed E-state index contributed by atoms with van der Waals surface area (Å²) in [4.78, 5) is 15.4. The van der Waals surface area contributed by atoms with Gasteiger partial charge in [0.05, 0.1) is 14.2 Å². The van der Waals surface area contributed by atoms with Gasteiger partial charge in [-0.25, -0.2) is 0 Å². The van der Waals surface area contributed by atoms with Gasteiger partial charge in [-0.3, -0.25) is 9.69 Å². The summed E-state index contributed by atoms with van der Waals surface area (Å²) in [6.45, 7) is 3.35. The Morgan fingerprint density at radius 3 is 2.50 bits per heavy atom. The van der Waals surface area contributed by atoms with E-state index in [1.54, 1.807) is 20.3 Å². The molecule has 1 aliphatic carbocycles. The van der Waals surface area contributed by atoms with E-state index in [1.165, 1.54) is 37.9 Å². The number of methoxy groups -OCH3 is 2. The first-order valence-corrected chi connectivity index (χ1v) is 9.99. The molecule has 0 atom stereocenters. The molecule has 4 nitrogen and oxygen atoms in total. The Balaban J connectivity index is 1.56. The van der Waals surface area contributed by atoms with Crippen molar-refractivity contribution in [2.75, 3.05) is 27.3 Å². The van der Waals surface area contributed by atoms with Crippen LogP contribution in [0.3, 0.4) is 0 Å². The van der Waals surface area contributed by atoms with Crippen LogP contribution in [0.5, 0.6) is 11.5 Å². The third-order valence-electron chi connectivity index (χ3n) is 5.67. The number of likely N-dealkylation sites (tertiary alicyclic amines) is 1. The van der Waals surface area contributed by atoms with Crippen molar-refractivity contribution in [3.05, 3.63) is 64.2 Å². The fraction of sp³-hybridized carbons (Fsp3) is 0.375. The summed E-state index contributed by atoms with van der Waals surface area (Å²) in [7, 11) is 3.21. The maximum Gasteiger partial charge on any atom is 0.189 e. The molecule has 1 saturated heterocycles. The molecule has 28 heavy (non-hydrogen) atoms. The molecule has 0 saturated carbocycles. The van der Waals surface area contributed by atoms with Crippen LogP contribution in [0.1, 0.15) is 46.3 Å². The molecule has 146 valence electrons. The number of piperidine rings is 1. The smallest absolute Gasteiger partial charge is 0.189 e. The van der Waals surface area contributed by atoms with Crippen molar-refractivity contribution in [3.63, 3.8) is 0 Å². The van der Waals surface area contributed by atoms with Crippen LogP contribution in [0, 0.1) is 0 Å². The van der Waals surface area contributed by atoms with Crippen molar-refractivity contribution in [3.8, 4) is 11.5 Å². The topological polar surface area (TPSA) is 38.8 Å². The number of Topliss-reactive ketones (excluding diaryl/α,β-unsaturated/α-hetero) is 1. The van der Waals surface area contributed by atoms with Gasteiger partial charge in [0.25, 0.3) is 0 Å². The molecule has 0 amide bonds. The van der Waals surface area contributed by atoms with E-state index in [4.69, 9.17) is 9.47 Å². The van der Waals surface area contributed by atoms with Crippen LogP contribution in [-0.2, 0) is 13.0 Å². The van der Waals surface area contributed by atoms with E-state index in [0.29, 0.717) is 23.5 Å². The minimum absolute atomic E-state index is 0.0809. The van der Waals surface area contributed by atoms with Gasteiger partial charge in [0.15, 0.2) is 17.3 Å². The Morgan fingerprint density at radius 2 is 1.75 bits per heavy atom. The minimum atomic E-state index is 0.0809. The van der Waals surface area contributed by atoms with Gasteiger partial charge in [-0.05, 0) is 60.8 Å². The largest absolute Gasteiger partial charge is 0.493 e. The summed E-state index contributed by atoms with van der Waals surface area (Å²) >= 11 is 0. The quantitative estimate of drug-likeness (QED) is 0.719. The van der Waals surface area contributed by atoms with E-state index in [0.717, 1.165) is 23.2 Å². The van der Waals surface area contributed by atoms with Crippen molar-refractivity contribution < 1.29 is 14.3 Å². The van der Waals surface area contributed by atoms with Gasteiger partial charge < -0.3 is 9.47 Å². The standard InChI is InChI=1S/C24H27NO3/c1-27-22-14-19-13-20(24(26)21(19)15-23(22)28-2)12-17-7-6-8-18(11-17)16-25-9-4-3-5-10-25/h6-8,11-12,14-15H,3-5,9-10,13,16H2,1-2H3/b20-12+. The van der Waals surface area contributed by atoms with Gasteiger partial charge in [0.2, 0.25) is 0 Å². The van der Waals surface area contributed by atoms with Crippen LogP contribution in [-0.4, -0.2) is 38.0 Å². The molecule has 4 rings (SSSR count). The molecule has 0 N–H and O–H groups in total. The summed E-state index contributed by atoms with van der Waals surface area (Å²) in [5.74, 6) is 1.34. The number of allylic oxidation sites excluding steroid dienone is 1. The summed E-state index contributed by atoms with van der Waals surface area (Å²) in [5, 5.41) is 0. The molecule has 1 aliphatic heterocycles. The molecule has 2 aliphatic rings. The number of carbonyl (C=O) groups is 1. The average molecular weight is 377 g/mol. The lowest BCUT2D eigenvalue weighted by Crippen LogP contribution is -2.29. The van der Waals surface area contributed by atoms with Gasteiger partial charge in [-0.2, -0.15) is 0 Å². The zero-order chi connectivity index (χ0) is 19.5. The second kappa shape index (κ2) is 8.19. The highest BCUT2D eigenvalue weighted by molar-refractivity contribution is 6.15. The average Bonchev–Trinajstić information content (AvgIpc) is 3.02. The summed E-state index contributed by atoms with van der Waals surface area (Å²) in [6, 6.07) is 12.3. The number of ether oxygens (including phenoxy) is 2. The first-order chi connectivity index (χ1) is 13.7. The van der Waals surface area contributed by atoms with Gasteiger partial charge in [0, 0.05) is 24.1 Å². The molecule has 0 spiro atoms. The molecule has 4 heteroatoms. The Bertz CT molecular complexity index is 910. The third-order valence-corrected chi connectivity index (χ3v) is 5.67. The Morgan fingerprint density at radius 1 is 1.00 bits per heavy atom. The van der Waals surface area contributed by atoms with Crippen LogP contribution in [0.4, 0.5) is 0 Å². The Hall–Kier alpha value is -2.59. The third kappa shape index (κ3) is 3.83. The first kappa shape index (κ1) is 18.8. The van der Waals surface area contributed by atoms with Crippen molar-refractivity contribution in [2.45, 2.75) is 32.2 Å². The first-order valence-electron chi connectivity index (χ1n) is 9.99. The van der Waals surface area contributed by atoms with E-state index >= 15 is 0 Å². The van der Waals surface area contributed by atoms with E-state index in [-0.39, 0.29) is 5.78 Å². The Labute approximate surface area is 166 Å². The monoisotopic (exact) mass is 377 g/mol. The second-order valence-corrected chi connectivity index (χ2v) is 7.62. The van der Waals surface area contributed by atoms with Crippen molar-refractivity contribution in [1.82, 2.24) is 4.90 Å². The predicted molar refractivity (Wildman–Crippen MR) is 111 cm³/mol. The number of hydrogen-bond acceptors (Lipinski definition) is 4. The lowest BCUT2D eigenvalue weighted by Gasteiger charge is -2.26. The van der Waals surface area contributed by atoms with Crippen LogP contribution in [0.25, 0.3) is 6.08 Å². The highest BCUT2D eigenvalue weighted by Crippen LogP contribution is 2.37. The van der Waals surface area contributed by atoms with Gasteiger partial charge in [-0.1, -0.05) is 30.7 Å². The van der Waals surface area contributed by atoms with Crippen molar-refractivity contribution in [2.24, 2.45) is 0 Å². The molecular weight excluding hydrogens is 350 g/mol. The molecule has 2 aromatic carbocycles. The van der Waals surface area contributed by atoms with Gasteiger partial charge in [0.1, 0.15) is 0 Å². The zero-order valence-corrected chi connectivity index (χ0v) is 16.7. The Kier molecular flexibility index (Phi) is 5.49. The van der Waals surface area contributed by atoms with E-state index < -0.39 is 0 Å². The number of nitrogens with zero attached hydrogens (tertiary/aromatic N) is 1. The van der Waals surface area contributed by atoms with Crippen LogP contribution < -0.4 is 9.47 Å². The number of ketones is 1. The summed E-state index contributed by atoms with van der Waals surface area (Å²) in [5.41, 5.74) is 4.93. The molecule has 0 bridgehead atoms. The molecule has 1 heterocycles. The fourth-order valence-electron chi connectivity index (χ4n) is 4.21. The number of carbonyl (C=O) groups excluding carboxylic acids is 1. The second-order valence-electron chi connectivity index (χ2n) is 7.62. The molecule has 2 aromatic rings. The molecule has 0 aromatic heterocycles. The molecule has 1 fully saturated rings. The lowest BCUT2D eigenvalue weighted by molar-refractivity contribution is 0.104. The fourth-order valence-corrected chi connectivity index (χ4v) is 4.21.